The summed E-state index contributed by atoms with van der Waals surface area (Å²) >= 11 is 0. The molecule has 0 amide bonds. The molecular formula is C14H23NO4S. The molecule has 0 heterocycles. The standard InChI is InChI=1S/C14H23NO4S/c1-4-14(17)12-6-5-7-13(10-12)20(18,19)15(3)9-8-11(2)16/h5-7,10-11,14,16-17H,4,8-9H2,1-3H3. The Hall–Kier alpha value is -0.950. The number of benzene rings is 1. The third kappa shape index (κ3) is 4.28. The van der Waals surface area contributed by atoms with E-state index in [-0.39, 0.29) is 11.4 Å². The summed E-state index contributed by atoms with van der Waals surface area (Å²) in [6.07, 6.45) is -0.289. The van der Waals surface area contributed by atoms with Crippen LogP contribution in [0.2, 0.25) is 0 Å². The second-order valence-corrected chi connectivity index (χ2v) is 7.01. The first-order chi connectivity index (χ1) is 9.28. The summed E-state index contributed by atoms with van der Waals surface area (Å²) in [5.41, 5.74) is 0.595. The molecular weight excluding hydrogens is 278 g/mol. The summed E-state index contributed by atoms with van der Waals surface area (Å²) in [4.78, 5) is 0.163. The number of sulfonamides is 1. The van der Waals surface area contributed by atoms with Gasteiger partial charge in [0.1, 0.15) is 0 Å². The van der Waals surface area contributed by atoms with E-state index in [0.29, 0.717) is 18.4 Å². The fourth-order valence-electron chi connectivity index (χ4n) is 1.79. The molecule has 0 saturated heterocycles. The topological polar surface area (TPSA) is 77.8 Å². The zero-order chi connectivity index (χ0) is 15.3. The Morgan fingerprint density at radius 2 is 1.95 bits per heavy atom. The van der Waals surface area contributed by atoms with E-state index in [2.05, 4.69) is 0 Å². The minimum absolute atomic E-state index is 0.163. The Morgan fingerprint density at radius 1 is 1.30 bits per heavy atom. The van der Waals surface area contributed by atoms with Crippen LogP contribution in [0.15, 0.2) is 29.2 Å². The Balaban J connectivity index is 2.97. The Morgan fingerprint density at radius 3 is 2.50 bits per heavy atom. The van der Waals surface area contributed by atoms with Gasteiger partial charge in [-0.05, 0) is 37.5 Å². The van der Waals surface area contributed by atoms with Gasteiger partial charge < -0.3 is 10.2 Å². The normalized spacial score (nSPS) is 15.3. The van der Waals surface area contributed by atoms with Gasteiger partial charge in [0, 0.05) is 13.6 Å². The molecule has 0 bridgehead atoms. The number of aliphatic hydroxyl groups is 2. The average molecular weight is 301 g/mol. The summed E-state index contributed by atoms with van der Waals surface area (Å²) in [7, 11) is -2.10. The molecule has 2 N–H and O–H groups in total. The van der Waals surface area contributed by atoms with Crippen LogP contribution < -0.4 is 0 Å². The first kappa shape index (κ1) is 17.1. The summed E-state index contributed by atoms with van der Waals surface area (Å²) in [6, 6.07) is 6.36. The predicted octanol–water partition coefficient (Wildman–Crippen LogP) is 1.52. The zero-order valence-electron chi connectivity index (χ0n) is 12.2. The maximum absolute atomic E-state index is 12.4. The highest BCUT2D eigenvalue weighted by Gasteiger charge is 2.21. The van der Waals surface area contributed by atoms with E-state index in [4.69, 9.17) is 0 Å². The van der Waals surface area contributed by atoms with Crippen molar-refractivity contribution in [1.29, 1.82) is 0 Å². The summed E-state index contributed by atoms with van der Waals surface area (Å²) in [6.45, 7) is 3.71. The molecule has 2 unspecified atom stereocenters. The molecule has 2 atom stereocenters. The zero-order valence-corrected chi connectivity index (χ0v) is 13.0. The molecule has 0 aromatic heterocycles. The molecule has 6 heteroatoms. The van der Waals surface area contributed by atoms with Gasteiger partial charge in [0.25, 0.3) is 0 Å². The third-order valence-electron chi connectivity index (χ3n) is 3.20. The van der Waals surface area contributed by atoms with Crippen LogP contribution in [0.5, 0.6) is 0 Å². The van der Waals surface area contributed by atoms with Crippen LogP contribution in [-0.2, 0) is 10.0 Å². The van der Waals surface area contributed by atoms with E-state index in [1.54, 1.807) is 19.1 Å². The van der Waals surface area contributed by atoms with Gasteiger partial charge in [-0.15, -0.1) is 0 Å². The van der Waals surface area contributed by atoms with Crippen LogP contribution in [0.3, 0.4) is 0 Å². The molecule has 1 rings (SSSR count). The lowest BCUT2D eigenvalue weighted by Crippen LogP contribution is -2.29. The first-order valence-corrected chi connectivity index (χ1v) is 8.15. The first-order valence-electron chi connectivity index (χ1n) is 6.71. The van der Waals surface area contributed by atoms with Crippen molar-refractivity contribution in [2.75, 3.05) is 13.6 Å². The second-order valence-electron chi connectivity index (χ2n) is 4.96. The minimum Gasteiger partial charge on any atom is -0.393 e. The molecule has 0 fully saturated rings. The molecule has 0 saturated carbocycles. The maximum atomic E-state index is 12.4. The fraction of sp³-hybridized carbons (Fsp3) is 0.571. The molecule has 0 radical (unpaired) electrons. The van der Waals surface area contributed by atoms with Crippen LogP contribution in [-0.4, -0.2) is 42.6 Å². The van der Waals surface area contributed by atoms with Gasteiger partial charge in [-0.2, -0.15) is 0 Å². The smallest absolute Gasteiger partial charge is 0.242 e. The lowest BCUT2D eigenvalue weighted by Gasteiger charge is -2.19. The molecule has 0 spiro atoms. The van der Waals surface area contributed by atoms with Gasteiger partial charge in [0.05, 0.1) is 17.1 Å². The van der Waals surface area contributed by atoms with Gasteiger partial charge >= 0.3 is 0 Å². The summed E-state index contributed by atoms with van der Waals surface area (Å²) < 4.78 is 26.0. The van der Waals surface area contributed by atoms with Gasteiger partial charge in [0.2, 0.25) is 10.0 Å². The summed E-state index contributed by atoms with van der Waals surface area (Å²) in [5.74, 6) is 0. The van der Waals surface area contributed by atoms with Crippen LogP contribution in [0.4, 0.5) is 0 Å². The van der Waals surface area contributed by atoms with E-state index >= 15 is 0 Å². The monoisotopic (exact) mass is 301 g/mol. The molecule has 0 aliphatic heterocycles. The quantitative estimate of drug-likeness (QED) is 0.800. The highest BCUT2D eigenvalue weighted by atomic mass is 32.2. The molecule has 114 valence electrons. The van der Waals surface area contributed by atoms with Crippen LogP contribution in [0.25, 0.3) is 0 Å². The fourth-order valence-corrected chi connectivity index (χ4v) is 3.03. The van der Waals surface area contributed by atoms with Gasteiger partial charge in [-0.1, -0.05) is 19.1 Å². The molecule has 20 heavy (non-hydrogen) atoms. The number of aliphatic hydroxyl groups excluding tert-OH is 2. The summed E-state index contributed by atoms with van der Waals surface area (Å²) in [5, 5.41) is 19.0. The molecule has 0 aliphatic rings. The van der Waals surface area contributed by atoms with E-state index in [1.165, 1.54) is 23.5 Å². The number of hydrogen-bond acceptors (Lipinski definition) is 4. The van der Waals surface area contributed by atoms with Crippen molar-refractivity contribution in [3.63, 3.8) is 0 Å². The van der Waals surface area contributed by atoms with Crippen molar-refractivity contribution in [2.24, 2.45) is 0 Å². The van der Waals surface area contributed by atoms with Gasteiger partial charge in [-0.3, -0.25) is 0 Å². The molecule has 1 aromatic carbocycles. The number of hydrogen-bond donors (Lipinski definition) is 2. The van der Waals surface area contributed by atoms with E-state index in [9.17, 15) is 18.6 Å². The average Bonchev–Trinajstić information content (AvgIpc) is 2.43. The van der Waals surface area contributed by atoms with E-state index in [1.807, 2.05) is 6.92 Å². The van der Waals surface area contributed by atoms with E-state index < -0.39 is 22.2 Å². The van der Waals surface area contributed by atoms with Crippen molar-refractivity contribution >= 4 is 10.0 Å². The lowest BCUT2D eigenvalue weighted by molar-refractivity contribution is 0.173. The number of rotatable bonds is 7. The Bertz CT molecular complexity index is 528. The Kier molecular flexibility index (Phi) is 6.13. The van der Waals surface area contributed by atoms with Gasteiger partial charge in [-0.25, -0.2) is 12.7 Å². The second kappa shape index (κ2) is 7.17. The van der Waals surface area contributed by atoms with Gasteiger partial charge in [0.15, 0.2) is 0 Å². The highest BCUT2D eigenvalue weighted by molar-refractivity contribution is 7.89. The van der Waals surface area contributed by atoms with Crippen molar-refractivity contribution in [2.45, 2.75) is 43.8 Å². The third-order valence-corrected chi connectivity index (χ3v) is 5.05. The predicted molar refractivity (Wildman–Crippen MR) is 77.8 cm³/mol. The molecule has 1 aromatic rings. The van der Waals surface area contributed by atoms with E-state index in [0.717, 1.165) is 0 Å². The molecule has 0 aliphatic carbocycles. The lowest BCUT2D eigenvalue weighted by atomic mass is 10.1. The van der Waals surface area contributed by atoms with Crippen LogP contribution >= 0.6 is 0 Å². The number of nitrogens with zero attached hydrogens (tertiary/aromatic N) is 1. The van der Waals surface area contributed by atoms with Crippen LogP contribution in [0.1, 0.15) is 38.4 Å². The van der Waals surface area contributed by atoms with Crippen molar-refractivity contribution < 1.29 is 18.6 Å². The highest BCUT2D eigenvalue weighted by Crippen LogP contribution is 2.21. The van der Waals surface area contributed by atoms with Crippen molar-refractivity contribution in [3.05, 3.63) is 29.8 Å². The largest absolute Gasteiger partial charge is 0.393 e. The minimum atomic E-state index is -3.59. The SMILES string of the molecule is CCC(O)c1cccc(S(=O)(=O)N(C)CCC(C)O)c1. The Labute approximate surface area is 120 Å². The van der Waals surface area contributed by atoms with Crippen molar-refractivity contribution in [3.8, 4) is 0 Å². The molecule has 5 nitrogen and oxygen atoms in total. The van der Waals surface area contributed by atoms with Crippen molar-refractivity contribution in [1.82, 2.24) is 4.31 Å². The van der Waals surface area contributed by atoms with Crippen LogP contribution in [0, 0.1) is 0 Å². The maximum Gasteiger partial charge on any atom is 0.242 e.